The monoisotopic (exact) mass is 233 g/mol. The molecule has 0 unspecified atom stereocenters. The van der Waals surface area contributed by atoms with Gasteiger partial charge in [0.1, 0.15) is 0 Å². The van der Waals surface area contributed by atoms with Crippen molar-refractivity contribution >= 4 is 13.9 Å². The highest BCUT2D eigenvalue weighted by Crippen LogP contribution is 2.15. The molecule has 0 saturated carbocycles. The van der Waals surface area contributed by atoms with Crippen molar-refractivity contribution in [3.63, 3.8) is 0 Å². The largest absolute Gasteiger partial charge is 0.692 e. The zero-order chi connectivity index (χ0) is 11.8. The number of para-hydroxylation sites is 1. The molecule has 0 spiro atoms. The third-order valence-corrected chi connectivity index (χ3v) is 1.41. The van der Waals surface area contributed by atoms with Crippen LogP contribution in [-0.2, 0) is 11.1 Å². The summed E-state index contributed by atoms with van der Waals surface area (Å²) in [7, 11) is -2.87. The molecule has 7 nitrogen and oxygen atoms in total. The van der Waals surface area contributed by atoms with Crippen molar-refractivity contribution in [3.8, 4) is 0 Å². The molecule has 0 amide bonds. The Labute approximate surface area is 86.3 Å². The van der Waals surface area contributed by atoms with Crippen LogP contribution in [0.1, 0.15) is 5.56 Å². The van der Waals surface area contributed by atoms with Gasteiger partial charge in [-0.05, 0) is 0 Å². The van der Waals surface area contributed by atoms with Crippen molar-refractivity contribution in [2.24, 2.45) is 5.73 Å². The number of nitrogens with two attached hydrogens (primary N) is 1. The Morgan fingerprint density at radius 2 is 1.87 bits per heavy atom. The maximum atomic E-state index is 10.3. The summed E-state index contributed by atoms with van der Waals surface area (Å²) in [4.78, 5) is 24.1. The fourth-order valence-electron chi connectivity index (χ4n) is 0.862. The highest BCUT2D eigenvalue weighted by atomic mass is 31.1. The van der Waals surface area contributed by atoms with E-state index < -0.39 is 13.2 Å². The van der Waals surface area contributed by atoms with Crippen LogP contribution >= 0.6 is 8.25 Å². The normalized spacial score (nSPS) is 8.73. The SMILES string of the molecule is NCc1ccccc1[N+](=O)[O-].O=[P+](O)O. The Morgan fingerprint density at radius 1 is 1.40 bits per heavy atom. The molecule has 82 valence electrons. The van der Waals surface area contributed by atoms with E-state index in [-0.39, 0.29) is 12.2 Å². The van der Waals surface area contributed by atoms with Gasteiger partial charge in [-0.15, -0.1) is 9.79 Å². The summed E-state index contributed by atoms with van der Waals surface area (Å²) in [6.45, 7) is 0.206. The topological polar surface area (TPSA) is 127 Å². The number of rotatable bonds is 2. The quantitative estimate of drug-likeness (QED) is 0.391. The van der Waals surface area contributed by atoms with Crippen LogP contribution in [0.25, 0.3) is 0 Å². The first kappa shape index (κ1) is 13.6. The summed E-state index contributed by atoms with van der Waals surface area (Å²) in [5.74, 6) is 0. The predicted octanol–water partition coefficient (Wildman–Crippen LogP) is 0.682. The third-order valence-electron chi connectivity index (χ3n) is 1.41. The number of benzene rings is 1. The Hall–Kier alpha value is -1.40. The minimum Gasteiger partial charge on any atom is -0.326 e. The number of hydrogen-bond donors (Lipinski definition) is 3. The van der Waals surface area contributed by atoms with Gasteiger partial charge in [-0.2, -0.15) is 0 Å². The second kappa shape index (κ2) is 6.97. The first-order chi connectivity index (χ1) is 6.99. The number of nitrogens with zero attached hydrogens (tertiary/aromatic N) is 1. The lowest BCUT2D eigenvalue weighted by molar-refractivity contribution is -0.385. The number of nitro groups is 1. The van der Waals surface area contributed by atoms with Gasteiger partial charge in [0.25, 0.3) is 5.69 Å². The van der Waals surface area contributed by atoms with E-state index in [2.05, 4.69) is 0 Å². The summed E-state index contributed by atoms with van der Waals surface area (Å²) in [6.07, 6.45) is 0. The van der Waals surface area contributed by atoms with E-state index in [1.54, 1.807) is 18.2 Å². The van der Waals surface area contributed by atoms with Crippen LogP contribution in [0.5, 0.6) is 0 Å². The summed E-state index contributed by atoms with van der Waals surface area (Å²) in [6, 6.07) is 6.45. The maximum Gasteiger partial charge on any atom is 0.692 e. The highest BCUT2D eigenvalue weighted by molar-refractivity contribution is 7.30. The molecule has 1 aromatic rings. The molecule has 0 aliphatic heterocycles. The van der Waals surface area contributed by atoms with E-state index >= 15 is 0 Å². The van der Waals surface area contributed by atoms with Crippen LogP contribution in [0.3, 0.4) is 0 Å². The van der Waals surface area contributed by atoms with E-state index in [1.807, 2.05) is 0 Å². The van der Waals surface area contributed by atoms with E-state index in [1.165, 1.54) is 6.07 Å². The van der Waals surface area contributed by atoms with Crippen LogP contribution in [-0.4, -0.2) is 14.7 Å². The van der Waals surface area contributed by atoms with Gasteiger partial charge in [-0.1, -0.05) is 18.2 Å². The van der Waals surface area contributed by atoms with Crippen molar-refractivity contribution in [3.05, 3.63) is 39.9 Å². The molecule has 4 N–H and O–H groups in total. The third kappa shape index (κ3) is 5.82. The molecule has 0 aromatic heterocycles. The average molecular weight is 233 g/mol. The van der Waals surface area contributed by atoms with Crippen molar-refractivity contribution in [2.75, 3.05) is 0 Å². The standard InChI is InChI=1S/C7H8N2O2.HO3P/c8-5-6-3-1-2-4-7(6)9(10)11;1-4(2)3/h1-4H,5,8H2;(H-,1,2,3)/p+1. The summed E-state index contributed by atoms with van der Waals surface area (Å²) in [5, 5.41) is 10.3. The molecule has 8 heteroatoms. The fraction of sp³-hybridized carbons (Fsp3) is 0.143. The summed E-state index contributed by atoms with van der Waals surface area (Å²) in [5.41, 5.74) is 5.94. The molecule has 0 bridgehead atoms. The smallest absolute Gasteiger partial charge is 0.326 e. The second-order valence-electron chi connectivity index (χ2n) is 2.34. The number of hydrogen-bond acceptors (Lipinski definition) is 4. The summed E-state index contributed by atoms with van der Waals surface area (Å²) >= 11 is 0. The number of nitro benzene ring substituents is 1. The zero-order valence-electron chi connectivity index (χ0n) is 7.61. The Morgan fingerprint density at radius 3 is 2.20 bits per heavy atom. The molecule has 1 rings (SSSR count). The lowest BCUT2D eigenvalue weighted by atomic mass is 10.2. The molecule has 15 heavy (non-hydrogen) atoms. The van der Waals surface area contributed by atoms with Crippen LogP contribution < -0.4 is 5.73 Å². The minimum absolute atomic E-state index is 0.0926. The van der Waals surface area contributed by atoms with Crippen molar-refractivity contribution in [1.29, 1.82) is 0 Å². The van der Waals surface area contributed by atoms with E-state index in [4.69, 9.17) is 20.1 Å². The van der Waals surface area contributed by atoms with Crippen LogP contribution in [0.15, 0.2) is 24.3 Å². The van der Waals surface area contributed by atoms with Crippen molar-refractivity contribution in [1.82, 2.24) is 0 Å². The van der Waals surface area contributed by atoms with Gasteiger partial charge in [0.15, 0.2) is 0 Å². The van der Waals surface area contributed by atoms with E-state index in [0.29, 0.717) is 5.56 Å². The average Bonchev–Trinajstić information content (AvgIpc) is 2.16. The van der Waals surface area contributed by atoms with Crippen LogP contribution in [0.4, 0.5) is 5.69 Å². The maximum absolute atomic E-state index is 10.3. The Bertz CT molecular complexity index is 353. The van der Waals surface area contributed by atoms with Gasteiger partial charge < -0.3 is 5.73 Å². The summed E-state index contributed by atoms with van der Waals surface area (Å²) < 4.78 is 8.70. The molecular weight excluding hydrogens is 223 g/mol. The van der Waals surface area contributed by atoms with Crippen LogP contribution in [0.2, 0.25) is 0 Å². The van der Waals surface area contributed by atoms with E-state index in [9.17, 15) is 10.1 Å². The molecule has 0 atom stereocenters. The van der Waals surface area contributed by atoms with Gasteiger partial charge in [0, 0.05) is 22.7 Å². The fourth-order valence-corrected chi connectivity index (χ4v) is 0.862. The Balaban J connectivity index is 0.000000423. The van der Waals surface area contributed by atoms with Gasteiger partial charge in [-0.25, -0.2) is 0 Å². The van der Waals surface area contributed by atoms with Gasteiger partial charge in [0.05, 0.1) is 4.92 Å². The molecule has 0 heterocycles. The van der Waals surface area contributed by atoms with Gasteiger partial charge >= 0.3 is 8.25 Å². The predicted molar refractivity (Wildman–Crippen MR) is 53.0 cm³/mol. The van der Waals surface area contributed by atoms with E-state index in [0.717, 1.165) is 0 Å². The van der Waals surface area contributed by atoms with Gasteiger partial charge in [0.2, 0.25) is 0 Å². The first-order valence-corrected chi connectivity index (χ1v) is 4.93. The molecule has 0 aliphatic carbocycles. The highest BCUT2D eigenvalue weighted by Gasteiger charge is 2.09. The lowest BCUT2D eigenvalue weighted by Gasteiger charge is -1.96. The van der Waals surface area contributed by atoms with Gasteiger partial charge in [-0.3, -0.25) is 10.1 Å². The Kier molecular flexibility index (Phi) is 6.32. The zero-order valence-corrected chi connectivity index (χ0v) is 8.50. The lowest BCUT2D eigenvalue weighted by Crippen LogP contribution is -2.00. The molecule has 1 aromatic carbocycles. The minimum atomic E-state index is -2.87. The molecule has 0 radical (unpaired) electrons. The first-order valence-electron chi connectivity index (χ1n) is 3.76. The molecule has 0 fully saturated rings. The van der Waals surface area contributed by atoms with Crippen molar-refractivity contribution in [2.45, 2.75) is 6.54 Å². The molecular formula is C7H10N2O5P+. The molecule has 0 saturated heterocycles. The second-order valence-corrected chi connectivity index (χ2v) is 2.85. The van der Waals surface area contributed by atoms with Crippen molar-refractivity contribution < 1.29 is 19.3 Å². The molecule has 0 aliphatic rings. The van der Waals surface area contributed by atoms with Crippen LogP contribution in [0, 0.1) is 10.1 Å².